The summed E-state index contributed by atoms with van der Waals surface area (Å²) in [7, 11) is 0. The van der Waals surface area contributed by atoms with Gasteiger partial charge in [0.25, 0.3) is 0 Å². The van der Waals surface area contributed by atoms with Crippen molar-refractivity contribution in [2.45, 2.75) is 12.8 Å². The number of nitrogens with two attached hydrogens (primary N) is 2. The molecule has 0 aliphatic heterocycles. The summed E-state index contributed by atoms with van der Waals surface area (Å²) in [6.45, 7) is 7.40. The van der Waals surface area contributed by atoms with E-state index in [9.17, 15) is 10.2 Å². The molecule has 158 valence electrons. The van der Waals surface area contributed by atoms with E-state index in [4.69, 9.17) is 16.2 Å². The number of anilines is 2. The van der Waals surface area contributed by atoms with E-state index in [-0.39, 0.29) is 11.5 Å². The van der Waals surface area contributed by atoms with Gasteiger partial charge in [-0.2, -0.15) is 0 Å². The minimum Gasteiger partial charge on any atom is -0.509 e. The van der Waals surface area contributed by atoms with Gasteiger partial charge in [-0.3, -0.25) is 0 Å². The smallest absolute Gasteiger partial charge is 0.127 e. The Labute approximate surface area is 182 Å². The summed E-state index contributed by atoms with van der Waals surface area (Å²) in [5.74, 6) is 1.51. The lowest BCUT2D eigenvalue weighted by molar-refractivity contribution is 0.435. The van der Waals surface area contributed by atoms with Gasteiger partial charge in [0.1, 0.15) is 23.0 Å². The first-order valence-electron chi connectivity index (χ1n) is 9.76. The van der Waals surface area contributed by atoms with Crippen LogP contribution in [0.25, 0.3) is 0 Å². The summed E-state index contributed by atoms with van der Waals surface area (Å²) >= 11 is 0. The third-order valence-corrected chi connectivity index (χ3v) is 4.72. The first kappa shape index (κ1) is 21.6. The first-order valence-corrected chi connectivity index (χ1v) is 9.76. The summed E-state index contributed by atoms with van der Waals surface area (Å²) in [5, 5.41) is 18.6. The summed E-state index contributed by atoms with van der Waals surface area (Å²) in [6, 6.07) is 18.1. The molecule has 0 amide bonds. The van der Waals surface area contributed by atoms with Crippen LogP contribution in [0, 0.1) is 0 Å². The molecule has 0 unspecified atom stereocenters. The Kier molecular flexibility index (Phi) is 6.67. The van der Waals surface area contributed by atoms with Crippen molar-refractivity contribution >= 4 is 11.4 Å². The van der Waals surface area contributed by atoms with Gasteiger partial charge >= 0.3 is 0 Å². The Morgan fingerprint density at radius 1 is 0.839 bits per heavy atom. The average molecular weight is 415 g/mol. The number of aliphatic hydroxyl groups excluding tert-OH is 1. The van der Waals surface area contributed by atoms with Crippen molar-refractivity contribution in [3.8, 4) is 17.2 Å². The van der Waals surface area contributed by atoms with Crippen LogP contribution in [-0.4, -0.2) is 10.2 Å². The molecule has 0 aliphatic rings. The molecule has 5 nitrogen and oxygen atoms in total. The van der Waals surface area contributed by atoms with Crippen molar-refractivity contribution in [1.29, 1.82) is 0 Å². The molecule has 0 fully saturated rings. The third kappa shape index (κ3) is 6.18. The van der Waals surface area contributed by atoms with Crippen LogP contribution in [0.1, 0.15) is 16.7 Å². The first-order chi connectivity index (χ1) is 14.8. The van der Waals surface area contributed by atoms with Gasteiger partial charge in [0.2, 0.25) is 0 Å². The second kappa shape index (κ2) is 9.59. The van der Waals surface area contributed by atoms with Crippen molar-refractivity contribution in [3.05, 3.63) is 114 Å². The third-order valence-electron chi connectivity index (χ3n) is 4.72. The second-order valence-corrected chi connectivity index (χ2v) is 7.33. The number of hydrogen-bond acceptors (Lipinski definition) is 5. The number of allylic oxidation sites excluding steroid dienone is 3. The zero-order chi connectivity index (χ0) is 22.4. The van der Waals surface area contributed by atoms with Crippen molar-refractivity contribution in [3.63, 3.8) is 0 Å². The number of nitrogen functional groups attached to an aromatic ring is 2. The predicted octanol–water partition coefficient (Wildman–Crippen LogP) is 5.67. The SMILES string of the molecule is C=C(O)/C=C\C(=C)Cc1cc(Oc2ccc(N)c(Cc3ccc(O)cc3)c2)ccc1N. The minimum absolute atomic E-state index is 0.0299. The normalized spacial score (nSPS) is 10.8. The Morgan fingerprint density at radius 3 is 2.03 bits per heavy atom. The number of phenols is 1. The Balaban J connectivity index is 1.77. The van der Waals surface area contributed by atoms with Crippen LogP contribution in [0.2, 0.25) is 0 Å². The zero-order valence-corrected chi connectivity index (χ0v) is 17.2. The Morgan fingerprint density at radius 2 is 1.42 bits per heavy atom. The number of ether oxygens (including phenoxy) is 1. The van der Waals surface area contributed by atoms with E-state index >= 15 is 0 Å². The van der Waals surface area contributed by atoms with E-state index in [1.807, 2.05) is 42.5 Å². The lowest BCUT2D eigenvalue weighted by atomic mass is 10.0. The molecule has 3 aromatic carbocycles. The molecule has 0 aliphatic carbocycles. The molecule has 0 spiro atoms. The van der Waals surface area contributed by atoms with Crippen LogP contribution in [0.15, 0.2) is 97.3 Å². The number of aliphatic hydroxyl groups is 1. The van der Waals surface area contributed by atoms with Crippen LogP contribution in [-0.2, 0) is 12.8 Å². The molecule has 0 bridgehead atoms. The van der Waals surface area contributed by atoms with Crippen LogP contribution in [0.3, 0.4) is 0 Å². The molecule has 3 rings (SSSR count). The zero-order valence-electron chi connectivity index (χ0n) is 17.2. The minimum atomic E-state index is -0.0299. The molecule has 5 heteroatoms. The fraction of sp³-hybridized carbons (Fsp3) is 0.0769. The van der Waals surface area contributed by atoms with Gasteiger partial charge in [-0.05, 0) is 84.1 Å². The molecule has 0 atom stereocenters. The van der Waals surface area contributed by atoms with Gasteiger partial charge in [0.15, 0.2) is 0 Å². The lowest BCUT2D eigenvalue weighted by Gasteiger charge is -2.13. The summed E-state index contributed by atoms with van der Waals surface area (Å²) in [6.07, 6.45) is 4.33. The standard InChI is InChI=1S/C26H26N2O3/c1-17(3-4-18(2)29)13-20-15-23(9-11-25(20)27)31-24-10-12-26(28)21(16-24)14-19-5-7-22(30)8-6-19/h3-12,15-16,29-30H,1-2,13-14,27-28H2/b4-3-. The molecular formula is C26H26N2O3. The van der Waals surface area contributed by atoms with Crippen LogP contribution in [0.5, 0.6) is 17.2 Å². The van der Waals surface area contributed by atoms with Crippen molar-refractivity contribution in [2.24, 2.45) is 0 Å². The topological polar surface area (TPSA) is 102 Å². The molecular weight excluding hydrogens is 388 g/mol. The molecule has 0 saturated heterocycles. The van der Waals surface area contributed by atoms with Crippen molar-refractivity contribution in [2.75, 3.05) is 11.5 Å². The van der Waals surface area contributed by atoms with Gasteiger partial charge in [-0.15, -0.1) is 0 Å². The largest absolute Gasteiger partial charge is 0.509 e. The highest BCUT2D eigenvalue weighted by Crippen LogP contribution is 2.29. The lowest BCUT2D eigenvalue weighted by Crippen LogP contribution is -1.98. The fourth-order valence-electron chi connectivity index (χ4n) is 3.08. The van der Waals surface area contributed by atoms with E-state index < -0.39 is 0 Å². The van der Waals surface area contributed by atoms with Gasteiger partial charge < -0.3 is 26.4 Å². The molecule has 3 aromatic rings. The average Bonchev–Trinajstić information content (AvgIpc) is 2.73. The van der Waals surface area contributed by atoms with Crippen LogP contribution >= 0.6 is 0 Å². The van der Waals surface area contributed by atoms with Gasteiger partial charge in [-0.1, -0.05) is 36.9 Å². The molecule has 31 heavy (non-hydrogen) atoms. The molecule has 0 aromatic heterocycles. The number of aromatic hydroxyl groups is 1. The Hall–Kier alpha value is -4.12. The maximum atomic E-state index is 9.46. The van der Waals surface area contributed by atoms with Crippen LogP contribution < -0.4 is 16.2 Å². The van der Waals surface area contributed by atoms with Gasteiger partial charge in [0.05, 0.1) is 0 Å². The van der Waals surface area contributed by atoms with E-state index in [0.717, 1.165) is 22.3 Å². The number of rotatable bonds is 8. The summed E-state index contributed by atoms with van der Waals surface area (Å²) < 4.78 is 6.05. The summed E-state index contributed by atoms with van der Waals surface area (Å²) in [5.41, 5.74) is 17.2. The Bertz CT molecular complexity index is 1130. The van der Waals surface area contributed by atoms with E-state index in [1.165, 1.54) is 6.08 Å². The van der Waals surface area contributed by atoms with E-state index in [2.05, 4.69) is 13.2 Å². The quantitative estimate of drug-likeness (QED) is 0.216. The number of phenolic OH excluding ortho intramolecular Hbond substituents is 1. The number of benzene rings is 3. The van der Waals surface area contributed by atoms with Crippen molar-refractivity contribution < 1.29 is 14.9 Å². The molecule has 0 heterocycles. The van der Waals surface area contributed by atoms with E-state index in [0.29, 0.717) is 35.7 Å². The highest BCUT2D eigenvalue weighted by molar-refractivity contribution is 5.55. The van der Waals surface area contributed by atoms with Crippen molar-refractivity contribution in [1.82, 2.24) is 0 Å². The molecule has 0 radical (unpaired) electrons. The monoisotopic (exact) mass is 414 g/mol. The highest BCUT2D eigenvalue weighted by Gasteiger charge is 2.08. The maximum Gasteiger partial charge on any atom is 0.127 e. The predicted molar refractivity (Wildman–Crippen MR) is 126 cm³/mol. The van der Waals surface area contributed by atoms with Gasteiger partial charge in [0, 0.05) is 11.4 Å². The van der Waals surface area contributed by atoms with Crippen LogP contribution in [0.4, 0.5) is 11.4 Å². The number of hydrogen-bond donors (Lipinski definition) is 4. The molecule has 0 saturated carbocycles. The van der Waals surface area contributed by atoms with E-state index in [1.54, 1.807) is 24.3 Å². The highest BCUT2D eigenvalue weighted by atomic mass is 16.5. The van der Waals surface area contributed by atoms with Gasteiger partial charge in [-0.25, -0.2) is 0 Å². The second-order valence-electron chi connectivity index (χ2n) is 7.33. The fourth-order valence-corrected chi connectivity index (χ4v) is 3.08. The maximum absolute atomic E-state index is 9.46. The molecule has 6 N–H and O–H groups in total. The summed E-state index contributed by atoms with van der Waals surface area (Å²) in [4.78, 5) is 0.